The van der Waals surface area contributed by atoms with Crippen molar-refractivity contribution in [1.82, 2.24) is 4.98 Å². The second kappa shape index (κ2) is 11.7. The third-order valence-electron chi connectivity index (χ3n) is 5.80. The van der Waals surface area contributed by atoms with Gasteiger partial charge < -0.3 is 14.2 Å². The number of carbonyl (C=O) groups excluding carboxylic acids is 1. The topological polar surface area (TPSA) is 104 Å². The number of anilines is 1. The number of hydrogen-bond acceptors (Lipinski definition) is 8. The number of aromatic nitrogens is 1. The maximum atomic E-state index is 13.4. The standard InChI is InChI=1S/C27H28N2O6S2/c1-4-37(31,32)20-12-10-19(11-13-20)25(35-15-14-18-8-6-5-7-9-18)26(30)29-27-28-21-16-22(33-2)23(34-3)17-24(21)36-27/h5-13,16-17,25H,4,14-15H2,1-3H3,(H,28,29,30). The van der Waals surface area contributed by atoms with Crippen molar-refractivity contribution in [3.8, 4) is 11.5 Å². The van der Waals surface area contributed by atoms with Crippen LogP contribution in [0.3, 0.4) is 0 Å². The lowest BCUT2D eigenvalue weighted by atomic mass is 10.1. The third-order valence-corrected chi connectivity index (χ3v) is 8.49. The molecule has 0 spiro atoms. The molecule has 1 unspecified atom stereocenters. The lowest BCUT2D eigenvalue weighted by molar-refractivity contribution is -0.127. The van der Waals surface area contributed by atoms with Gasteiger partial charge in [-0.2, -0.15) is 0 Å². The van der Waals surface area contributed by atoms with Gasteiger partial charge in [0.15, 0.2) is 32.6 Å². The van der Waals surface area contributed by atoms with Gasteiger partial charge in [0.1, 0.15) is 0 Å². The zero-order valence-corrected chi connectivity index (χ0v) is 22.4. The van der Waals surface area contributed by atoms with Crippen LogP contribution in [-0.2, 0) is 25.8 Å². The molecular formula is C27H28N2O6S2. The van der Waals surface area contributed by atoms with Crippen molar-refractivity contribution in [2.75, 3.05) is 31.9 Å². The van der Waals surface area contributed by atoms with E-state index < -0.39 is 21.8 Å². The highest BCUT2D eigenvalue weighted by atomic mass is 32.2. The number of rotatable bonds is 11. The van der Waals surface area contributed by atoms with Gasteiger partial charge in [-0.25, -0.2) is 13.4 Å². The number of carbonyl (C=O) groups is 1. The Morgan fingerprint density at radius 1 is 1.00 bits per heavy atom. The predicted molar refractivity (Wildman–Crippen MR) is 144 cm³/mol. The smallest absolute Gasteiger partial charge is 0.259 e. The molecule has 0 bridgehead atoms. The van der Waals surface area contributed by atoms with Crippen molar-refractivity contribution in [2.24, 2.45) is 0 Å². The van der Waals surface area contributed by atoms with Crippen molar-refractivity contribution >= 4 is 42.4 Å². The first-order chi connectivity index (χ1) is 17.8. The average molecular weight is 541 g/mol. The molecule has 1 N–H and O–H groups in total. The van der Waals surface area contributed by atoms with Crippen LogP contribution in [0.15, 0.2) is 71.6 Å². The molecule has 4 rings (SSSR count). The van der Waals surface area contributed by atoms with Crippen LogP contribution >= 0.6 is 11.3 Å². The van der Waals surface area contributed by atoms with E-state index in [2.05, 4.69) is 10.3 Å². The summed E-state index contributed by atoms with van der Waals surface area (Å²) in [4.78, 5) is 18.1. The van der Waals surface area contributed by atoms with Crippen molar-refractivity contribution in [3.63, 3.8) is 0 Å². The number of thiazole rings is 1. The summed E-state index contributed by atoms with van der Waals surface area (Å²) in [6.45, 7) is 1.89. The van der Waals surface area contributed by atoms with E-state index in [1.165, 1.54) is 23.5 Å². The number of fused-ring (bicyclic) bond motifs is 1. The molecule has 1 atom stereocenters. The van der Waals surface area contributed by atoms with Crippen molar-refractivity contribution in [3.05, 3.63) is 77.9 Å². The molecule has 37 heavy (non-hydrogen) atoms. The van der Waals surface area contributed by atoms with Crippen LogP contribution in [0, 0.1) is 0 Å². The first kappa shape index (κ1) is 26.6. The van der Waals surface area contributed by atoms with Crippen LogP contribution in [0.2, 0.25) is 0 Å². The fraction of sp³-hybridized carbons (Fsp3) is 0.259. The number of nitrogens with zero attached hydrogens (tertiary/aromatic N) is 1. The minimum Gasteiger partial charge on any atom is -0.493 e. The number of hydrogen-bond donors (Lipinski definition) is 1. The molecule has 10 heteroatoms. The van der Waals surface area contributed by atoms with Gasteiger partial charge in [0, 0.05) is 12.1 Å². The van der Waals surface area contributed by atoms with Gasteiger partial charge in [0.05, 0.1) is 41.7 Å². The molecule has 0 radical (unpaired) electrons. The maximum Gasteiger partial charge on any atom is 0.259 e. The van der Waals surface area contributed by atoms with E-state index in [0.717, 1.165) is 10.3 Å². The van der Waals surface area contributed by atoms with Crippen LogP contribution in [-0.4, -0.2) is 45.9 Å². The van der Waals surface area contributed by atoms with E-state index >= 15 is 0 Å². The molecule has 0 saturated heterocycles. The maximum absolute atomic E-state index is 13.4. The number of ether oxygens (including phenoxy) is 3. The third kappa shape index (κ3) is 6.27. The van der Waals surface area contributed by atoms with E-state index in [1.807, 2.05) is 36.4 Å². The van der Waals surface area contributed by atoms with Crippen LogP contribution < -0.4 is 14.8 Å². The fourth-order valence-corrected chi connectivity index (χ4v) is 5.52. The second-order valence-corrected chi connectivity index (χ2v) is 11.5. The molecule has 8 nitrogen and oxygen atoms in total. The molecule has 0 saturated carbocycles. The Bertz CT molecular complexity index is 1430. The van der Waals surface area contributed by atoms with Crippen molar-refractivity contribution in [1.29, 1.82) is 0 Å². The monoisotopic (exact) mass is 540 g/mol. The predicted octanol–water partition coefficient (Wildman–Crippen LogP) is 5.05. The Balaban J connectivity index is 1.57. The summed E-state index contributed by atoms with van der Waals surface area (Å²) in [6, 6.07) is 19.6. The van der Waals surface area contributed by atoms with Crippen LogP contribution in [0.25, 0.3) is 10.2 Å². The Hall–Kier alpha value is -3.47. The van der Waals surface area contributed by atoms with Crippen molar-refractivity contribution < 1.29 is 27.4 Å². The van der Waals surface area contributed by atoms with E-state index in [0.29, 0.717) is 40.7 Å². The molecule has 1 heterocycles. The Morgan fingerprint density at radius 2 is 1.68 bits per heavy atom. The molecule has 0 aliphatic heterocycles. The van der Waals surface area contributed by atoms with Gasteiger partial charge in [-0.1, -0.05) is 60.7 Å². The molecule has 0 aliphatic carbocycles. The fourth-order valence-electron chi connectivity index (χ4n) is 3.76. The van der Waals surface area contributed by atoms with Gasteiger partial charge in [0.2, 0.25) is 0 Å². The highest BCUT2D eigenvalue weighted by Gasteiger charge is 2.24. The highest BCUT2D eigenvalue weighted by Crippen LogP contribution is 2.36. The minimum absolute atomic E-state index is 0.00296. The zero-order valence-electron chi connectivity index (χ0n) is 20.8. The van der Waals surface area contributed by atoms with Gasteiger partial charge >= 0.3 is 0 Å². The lowest BCUT2D eigenvalue weighted by Gasteiger charge is -2.18. The summed E-state index contributed by atoms with van der Waals surface area (Å²) in [6.07, 6.45) is -0.341. The molecule has 0 fully saturated rings. The SMILES string of the molecule is CCS(=O)(=O)c1ccc(C(OCCc2ccccc2)C(=O)Nc2nc3cc(OC)c(OC)cc3s2)cc1. The lowest BCUT2D eigenvalue weighted by Crippen LogP contribution is -2.24. The zero-order chi connectivity index (χ0) is 26.4. The Morgan fingerprint density at radius 3 is 2.32 bits per heavy atom. The van der Waals surface area contributed by atoms with E-state index in [1.54, 1.807) is 39.3 Å². The van der Waals surface area contributed by atoms with Crippen LogP contribution in [0.4, 0.5) is 5.13 Å². The summed E-state index contributed by atoms with van der Waals surface area (Å²) in [5.41, 5.74) is 2.29. The van der Waals surface area contributed by atoms with Gasteiger partial charge in [-0.05, 0) is 29.7 Å². The van der Waals surface area contributed by atoms with E-state index in [-0.39, 0.29) is 10.6 Å². The number of nitrogens with one attached hydrogen (secondary N) is 1. The summed E-state index contributed by atoms with van der Waals surface area (Å²) in [7, 11) is -0.253. The molecule has 1 aromatic heterocycles. The summed E-state index contributed by atoms with van der Waals surface area (Å²) in [5, 5.41) is 3.25. The normalized spacial score (nSPS) is 12.3. The molecule has 194 valence electrons. The quantitative estimate of drug-likeness (QED) is 0.284. The van der Waals surface area contributed by atoms with Crippen LogP contribution in [0.5, 0.6) is 11.5 Å². The molecule has 0 aliphatic rings. The minimum atomic E-state index is -3.36. The summed E-state index contributed by atoms with van der Waals surface area (Å²) >= 11 is 1.30. The molecular weight excluding hydrogens is 512 g/mol. The largest absolute Gasteiger partial charge is 0.493 e. The first-order valence-corrected chi connectivity index (χ1v) is 14.1. The van der Waals surface area contributed by atoms with E-state index in [9.17, 15) is 13.2 Å². The number of sulfone groups is 1. The average Bonchev–Trinajstić information content (AvgIpc) is 3.31. The number of methoxy groups -OCH3 is 2. The van der Waals surface area contributed by atoms with E-state index in [4.69, 9.17) is 14.2 Å². The summed E-state index contributed by atoms with van der Waals surface area (Å²) < 4.78 is 42.0. The van der Waals surface area contributed by atoms with Gasteiger partial charge in [-0.3, -0.25) is 10.1 Å². The second-order valence-electron chi connectivity index (χ2n) is 8.14. The first-order valence-electron chi connectivity index (χ1n) is 11.7. The van der Waals surface area contributed by atoms with Gasteiger partial charge in [-0.15, -0.1) is 0 Å². The highest BCUT2D eigenvalue weighted by molar-refractivity contribution is 7.91. The Labute approximate surface area is 220 Å². The van der Waals surface area contributed by atoms with Crippen molar-refractivity contribution in [2.45, 2.75) is 24.3 Å². The number of benzene rings is 3. The summed E-state index contributed by atoms with van der Waals surface area (Å²) in [5.74, 6) is 0.706. The molecule has 4 aromatic rings. The molecule has 3 aromatic carbocycles. The molecule has 1 amide bonds. The number of amides is 1. The Kier molecular flexibility index (Phi) is 8.42. The van der Waals surface area contributed by atoms with Gasteiger partial charge in [0.25, 0.3) is 5.91 Å². The van der Waals surface area contributed by atoms with Crippen LogP contribution in [0.1, 0.15) is 24.2 Å².